The van der Waals surface area contributed by atoms with Gasteiger partial charge in [-0.25, -0.2) is 0 Å². The largest absolute Gasteiger partial charge is 0.489 e. The minimum Gasteiger partial charge on any atom is -0.489 e. The third-order valence-electron chi connectivity index (χ3n) is 2.76. The van der Waals surface area contributed by atoms with Gasteiger partial charge in [-0.1, -0.05) is 31.5 Å². The molecule has 0 amide bonds. The number of ether oxygens (including phenoxy) is 1. The number of hydrogen-bond acceptors (Lipinski definition) is 2. The number of fused-ring (bicyclic) bond motifs is 1. The second-order valence-electron chi connectivity index (χ2n) is 3.92. The van der Waals surface area contributed by atoms with Crippen LogP contribution in [-0.2, 0) is 6.42 Å². The lowest BCUT2D eigenvalue weighted by Gasteiger charge is -2.31. The third kappa shape index (κ3) is 1.75. The molecule has 0 spiro atoms. The molecule has 0 saturated heterocycles. The highest BCUT2D eigenvalue weighted by molar-refractivity contribution is 5.36. The van der Waals surface area contributed by atoms with Crippen LogP contribution in [0.3, 0.4) is 0 Å². The van der Waals surface area contributed by atoms with Gasteiger partial charge in [0.2, 0.25) is 0 Å². The van der Waals surface area contributed by atoms with Crippen LogP contribution in [0.2, 0.25) is 0 Å². The van der Waals surface area contributed by atoms with Crippen LogP contribution < -0.4 is 10.5 Å². The molecule has 0 saturated carbocycles. The molecule has 14 heavy (non-hydrogen) atoms. The summed E-state index contributed by atoms with van der Waals surface area (Å²) >= 11 is 0. The highest BCUT2D eigenvalue weighted by atomic mass is 16.5. The lowest BCUT2D eigenvalue weighted by molar-refractivity contribution is 0.141. The minimum absolute atomic E-state index is 0.157. The van der Waals surface area contributed by atoms with Crippen LogP contribution >= 0.6 is 0 Å². The fourth-order valence-electron chi connectivity index (χ4n) is 1.98. The predicted molar refractivity (Wildman–Crippen MR) is 57.4 cm³/mol. The molecule has 1 aliphatic rings. The molecule has 2 N–H and O–H groups in total. The lowest BCUT2D eigenvalue weighted by atomic mass is 9.95. The van der Waals surface area contributed by atoms with Gasteiger partial charge >= 0.3 is 0 Å². The maximum Gasteiger partial charge on any atom is 0.123 e. The van der Waals surface area contributed by atoms with Gasteiger partial charge in [0.25, 0.3) is 0 Å². The highest BCUT2D eigenvalue weighted by Crippen LogP contribution is 2.27. The molecule has 2 nitrogen and oxygen atoms in total. The van der Waals surface area contributed by atoms with Crippen molar-refractivity contribution in [1.29, 1.82) is 0 Å². The summed E-state index contributed by atoms with van der Waals surface area (Å²) in [5.41, 5.74) is 7.30. The maximum absolute atomic E-state index is 6.05. The first-order valence-electron chi connectivity index (χ1n) is 5.31. The van der Waals surface area contributed by atoms with Crippen molar-refractivity contribution in [2.24, 2.45) is 5.73 Å². The Morgan fingerprint density at radius 2 is 2.21 bits per heavy atom. The lowest BCUT2D eigenvalue weighted by Crippen LogP contribution is -2.43. The Labute approximate surface area is 85.1 Å². The van der Waals surface area contributed by atoms with Gasteiger partial charge in [0.15, 0.2) is 0 Å². The van der Waals surface area contributed by atoms with Gasteiger partial charge in [-0.3, -0.25) is 0 Å². The van der Waals surface area contributed by atoms with E-state index in [1.165, 1.54) is 5.56 Å². The van der Waals surface area contributed by atoms with E-state index in [-0.39, 0.29) is 12.1 Å². The van der Waals surface area contributed by atoms with Crippen molar-refractivity contribution in [1.82, 2.24) is 0 Å². The second-order valence-corrected chi connectivity index (χ2v) is 3.92. The topological polar surface area (TPSA) is 35.2 Å². The molecule has 1 heterocycles. The van der Waals surface area contributed by atoms with Crippen molar-refractivity contribution in [3.05, 3.63) is 29.8 Å². The Bertz CT molecular complexity index is 311. The van der Waals surface area contributed by atoms with Gasteiger partial charge in [-0.15, -0.1) is 0 Å². The van der Waals surface area contributed by atoms with Crippen LogP contribution in [0.15, 0.2) is 24.3 Å². The molecule has 0 radical (unpaired) electrons. The van der Waals surface area contributed by atoms with Crippen LogP contribution in [0.4, 0.5) is 0 Å². The van der Waals surface area contributed by atoms with Gasteiger partial charge in [0, 0.05) is 6.04 Å². The Hall–Kier alpha value is -1.02. The normalized spacial score (nSPS) is 25.3. The zero-order chi connectivity index (χ0) is 9.97. The summed E-state index contributed by atoms with van der Waals surface area (Å²) in [6.45, 7) is 2.16. The molecule has 1 aliphatic heterocycles. The van der Waals surface area contributed by atoms with Crippen molar-refractivity contribution >= 4 is 0 Å². The summed E-state index contributed by atoms with van der Waals surface area (Å²) in [5, 5.41) is 0. The van der Waals surface area contributed by atoms with Crippen molar-refractivity contribution in [2.45, 2.75) is 38.3 Å². The average molecular weight is 191 g/mol. The van der Waals surface area contributed by atoms with Gasteiger partial charge in [-0.05, 0) is 24.5 Å². The van der Waals surface area contributed by atoms with Crippen LogP contribution in [0.5, 0.6) is 5.75 Å². The van der Waals surface area contributed by atoms with Crippen LogP contribution in [-0.4, -0.2) is 12.1 Å². The van der Waals surface area contributed by atoms with Crippen molar-refractivity contribution in [2.75, 3.05) is 0 Å². The zero-order valence-corrected chi connectivity index (χ0v) is 8.57. The standard InChI is InChI=1S/C12H17NO/c1-2-5-12-10(13)8-9-6-3-4-7-11(9)14-12/h3-4,6-7,10,12H,2,5,8,13H2,1H3. The van der Waals surface area contributed by atoms with E-state index in [0.29, 0.717) is 0 Å². The van der Waals surface area contributed by atoms with E-state index in [1.807, 2.05) is 18.2 Å². The minimum atomic E-state index is 0.157. The summed E-state index contributed by atoms with van der Waals surface area (Å²) in [6.07, 6.45) is 3.33. The average Bonchev–Trinajstić information content (AvgIpc) is 2.19. The number of hydrogen-bond donors (Lipinski definition) is 1. The van der Waals surface area contributed by atoms with E-state index in [2.05, 4.69) is 13.0 Å². The number of nitrogens with two attached hydrogens (primary N) is 1. The molecule has 0 fully saturated rings. The molecular weight excluding hydrogens is 174 g/mol. The first-order valence-corrected chi connectivity index (χ1v) is 5.31. The van der Waals surface area contributed by atoms with E-state index in [9.17, 15) is 0 Å². The van der Waals surface area contributed by atoms with E-state index < -0.39 is 0 Å². The third-order valence-corrected chi connectivity index (χ3v) is 2.76. The molecule has 0 aromatic heterocycles. The maximum atomic E-state index is 6.05. The van der Waals surface area contributed by atoms with E-state index in [4.69, 9.17) is 10.5 Å². The first kappa shape index (κ1) is 9.53. The SMILES string of the molecule is CCCC1Oc2ccccc2CC1N. The number of benzene rings is 1. The Morgan fingerprint density at radius 1 is 1.43 bits per heavy atom. The summed E-state index contributed by atoms with van der Waals surface area (Å²) in [7, 11) is 0. The summed E-state index contributed by atoms with van der Waals surface area (Å²) in [4.78, 5) is 0. The zero-order valence-electron chi connectivity index (χ0n) is 8.57. The highest BCUT2D eigenvalue weighted by Gasteiger charge is 2.25. The fourth-order valence-corrected chi connectivity index (χ4v) is 1.98. The molecule has 2 rings (SSSR count). The molecular formula is C12H17NO. The quantitative estimate of drug-likeness (QED) is 0.777. The van der Waals surface area contributed by atoms with E-state index in [0.717, 1.165) is 25.0 Å². The summed E-state index contributed by atoms with van der Waals surface area (Å²) in [5.74, 6) is 1.02. The summed E-state index contributed by atoms with van der Waals surface area (Å²) < 4.78 is 5.86. The predicted octanol–water partition coefficient (Wildman–Crippen LogP) is 2.12. The molecule has 1 aromatic carbocycles. The molecule has 76 valence electrons. The molecule has 2 heteroatoms. The first-order chi connectivity index (χ1) is 6.81. The molecule has 0 aliphatic carbocycles. The van der Waals surface area contributed by atoms with Gasteiger partial charge < -0.3 is 10.5 Å². The fraction of sp³-hybridized carbons (Fsp3) is 0.500. The van der Waals surface area contributed by atoms with Gasteiger partial charge in [-0.2, -0.15) is 0 Å². The van der Waals surface area contributed by atoms with Crippen molar-refractivity contribution < 1.29 is 4.74 Å². The van der Waals surface area contributed by atoms with Gasteiger partial charge in [0.05, 0.1) is 0 Å². The summed E-state index contributed by atoms with van der Waals surface area (Å²) in [6, 6.07) is 8.33. The Balaban J connectivity index is 2.18. The molecule has 2 atom stereocenters. The number of para-hydroxylation sites is 1. The van der Waals surface area contributed by atoms with E-state index in [1.54, 1.807) is 0 Å². The smallest absolute Gasteiger partial charge is 0.123 e. The Kier molecular flexibility index (Phi) is 2.73. The monoisotopic (exact) mass is 191 g/mol. The number of rotatable bonds is 2. The van der Waals surface area contributed by atoms with E-state index >= 15 is 0 Å². The molecule has 2 unspecified atom stereocenters. The van der Waals surface area contributed by atoms with Crippen LogP contribution in [0.25, 0.3) is 0 Å². The molecule has 0 bridgehead atoms. The van der Waals surface area contributed by atoms with Gasteiger partial charge in [0.1, 0.15) is 11.9 Å². The Morgan fingerprint density at radius 3 is 3.00 bits per heavy atom. The van der Waals surface area contributed by atoms with Crippen LogP contribution in [0, 0.1) is 0 Å². The second kappa shape index (κ2) is 4.01. The van der Waals surface area contributed by atoms with Crippen LogP contribution in [0.1, 0.15) is 25.3 Å². The van der Waals surface area contributed by atoms with Crippen molar-refractivity contribution in [3.63, 3.8) is 0 Å². The van der Waals surface area contributed by atoms with Crippen molar-refractivity contribution in [3.8, 4) is 5.75 Å². The molecule has 1 aromatic rings.